The topological polar surface area (TPSA) is 48.1 Å². The molecule has 1 heterocycles. The van der Waals surface area contributed by atoms with Crippen LogP contribution < -0.4 is 10.5 Å². The van der Waals surface area contributed by atoms with E-state index in [1.807, 2.05) is 6.07 Å². The highest BCUT2D eigenvalue weighted by Crippen LogP contribution is 2.27. The van der Waals surface area contributed by atoms with Gasteiger partial charge in [0.2, 0.25) is 0 Å². The van der Waals surface area contributed by atoms with Crippen molar-refractivity contribution in [3.63, 3.8) is 0 Å². The Hall–Kier alpha value is -1.87. The Morgan fingerprint density at radius 3 is 2.58 bits per heavy atom. The predicted octanol–water partition coefficient (Wildman–Crippen LogP) is 3.09. The average Bonchev–Trinajstić information content (AvgIpc) is 2.47. The van der Waals surface area contributed by atoms with Gasteiger partial charge in [0.15, 0.2) is 0 Å². The maximum atomic E-state index is 6.31. The van der Waals surface area contributed by atoms with Crippen LogP contribution >= 0.6 is 0 Å². The molecule has 2 rings (SSSR count). The summed E-state index contributed by atoms with van der Waals surface area (Å²) in [5.74, 6) is 0.729. The van der Waals surface area contributed by atoms with Crippen molar-refractivity contribution in [3.05, 3.63) is 59.4 Å². The molecular formula is C16H20N2O. The van der Waals surface area contributed by atoms with E-state index in [9.17, 15) is 0 Å². The Bertz CT molecular complexity index is 523. The van der Waals surface area contributed by atoms with Crippen LogP contribution in [-0.4, -0.2) is 12.1 Å². The monoisotopic (exact) mass is 256 g/mol. The van der Waals surface area contributed by atoms with Crippen LogP contribution in [0.15, 0.2) is 42.7 Å². The molecule has 0 saturated heterocycles. The molecule has 0 saturated carbocycles. The van der Waals surface area contributed by atoms with Gasteiger partial charge in [-0.1, -0.05) is 37.6 Å². The zero-order valence-electron chi connectivity index (χ0n) is 11.5. The van der Waals surface area contributed by atoms with Crippen molar-refractivity contribution >= 4 is 0 Å². The van der Waals surface area contributed by atoms with E-state index in [4.69, 9.17) is 10.5 Å². The molecule has 1 atom stereocenters. The second kappa shape index (κ2) is 6.34. The van der Waals surface area contributed by atoms with E-state index < -0.39 is 0 Å². The molecule has 0 amide bonds. The standard InChI is InChI=1S/C16H20N2O/c1-3-4-12-5-7-13(8-6-12)16(17)14-9-10-18-11-15(14)19-2/h5-11,16H,3-4,17H2,1-2H3. The largest absolute Gasteiger partial charge is 0.495 e. The van der Waals surface area contributed by atoms with Crippen molar-refractivity contribution in [2.75, 3.05) is 7.11 Å². The van der Waals surface area contributed by atoms with Gasteiger partial charge in [0.25, 0.3) is 0 Å². The Labute approximate surface area is 114 Å². The molecule has 100 valence electrons. The van der Waals surface area contributed by atoms with E-state index in [0.717, 1.165) is 29.7 Å². The van der Waals surface area contributed by atoms with Gasteiger partial charge in [-0.3, -0.25) is 4.98 Å². The van der Waals surface area contributed by atoms with Gasteiger partial charge in [-0.05, 0) is 23.6 Å². The number of aromatic nitrogens is 1. The maximum absolute atomic E-state index is 6.31. The van der Waals surface area contributed by atoms with Gasteiger partial charge in [0.05, 0.1) is 19.3 Å². The van der Waals surface area contributed by atoms with Crippen molar-refractivity contribution in [2.45, 2.75) is 25.8 Å². The lowest BCUT2D eigenvalue weighted by Gasteiger charge is -2.16. The van der Waals surface area contributed by atoms with E-state index >= 15 is 0 Å². The minimum Gasteiger partial charge on any atom is -0.495 e. The summed E-state index contributed by atoms with van der Waals surface area (Å²) in [5.41, 5.74) is 9.70. The summed E-state index contributed by atoms with van der Waals surface area (Å²) in [6.07, 6.45) is 5.70. The van der Waals surface area contributed by atoms with Crippen LogP contribution in [0, 0.1) is 0 Å². The van der Waals surface area contributed by atoms with Crippen molar-refractivity contribution < 1.29 is 4.74 Å². The summed E-state index contributed by atoms with van der Waals surface area (Å²) in [6.45, 7) is 2.18. The Kier molecular flexibility index (Phi) is 4.53. The number of nitrogens with two attached hydrogens (primary N) is 1. The fourth-order valence-corrected chi connectivity index (χ4v) is 2.18. The first-order valence-electron chi connectivity index (χ1n) is 6.58. The van der Waals surface area contributed by atoms with Crippen molar-refractivity contribution in [3.8, 4) is 5.75 Å². The first-order chi connectivity index (χ1) is 9.26. The van der Waals surface area contributed by atoms with Gasteiger partial charge in [0, 0.05) is 11.8 Å². The number of nitrogens with zero attached hydrogens (tertiary/aromatic N) is 1. The first kappa shape index (κ1) is 13.6. The summed E-state index contributed by atoms with van der Waals surface area (Å²) in [6, 6.07) is 10.2. The first-order valence-corrected chi connectivity index (χ1v) is 6.58. The molecule has 0 radical (unpaired) electrons. The van der Waals surface area contributed by atoms with Crippen molar-refractivity contribution in [1.82, 2.24) is 4.98 Å². The van der Waals surface area contributed by atoms with Crippen LogP contribution in [0.2, 0.25) is 0 Å². The molecule has 0 aliphatic heterocycles. The lowest BCUT2D eigenvalue weighted by Crippen LogP contribution is -2.13. The molecule has 0 bridgehead atoms. The molecule has 3 heteroatoms. The third-order valence-corrected chi connectivity index (χ3v) is 3.25. The maximum Gasteiger partial charge on any atom is 0.142 e. The van der Waals surface area contributed by atoms with Gasteiger partial charge in [-0.25, -0.2) is 0 Å². The van der Waals surface area contributed by atoms with Gasteiger partial charge in [-0.2, -0.15) is 0 Å². The number of pyridine rings is 1. The van der Waals surface area contributed by atoms with Crippen LogP contribution in [-0.2, 0) is 6.42 Å². The van der Waals surface area contributed by atoms with Gasteiger partial charge in [-0.15, -0.1) is 0 Å². The molecule has 2 N–H and O–H groups in total. The lowest BCUT2D eigenvalue weighted by atomic mass is 9.98. The Morgan fingerprint density at radius 1 is 1.21 bits per heavy atom. The highest BCUT2D eigenvalue weighted by molar-refractivity contribution is 5.39. The molecular weight excluding hydrogens is 236 g/mol. The number of aryl methyl sites for hydroxylation is 1. The van der Waals surface area contributed by atoms with E-state index in [0.29, 0.717) is 0 Å². The lowest BCUT2D eigenvalue weighted by molar-refractivity contribution is 0.406. The van der Waals surface area contributed by atoms with Crippen LogP contribution in [0.4, 0.5) is 0 Å². The fraction of sp³-hybridized carbons (Fsp3) is 0.312. The molecule has 19 heavy (non-hydrogen) atoms. The smallest absolute Gasteiger partial charge is 0.142 e. The van der Waals surface area contributed by atoms with Gasteiger partial charge < -0.3 is 10.5 Å². The number of rotatable bonds is 5. The fourth-order valence-electron chi connectivity index (χ4n) is 2.18. The van der Waals surface area contributed by atoms with Crippen LogP contribution in [0.3, 0.4) is 0 Å². The molecule has 0 spiro atoms. The number of hydrogen-bond donors (Lipinski definition) is 1. The summed E-state index contributed by atoms with van der Waals surface area (Å²) in [5, 5.41) is 0. The second-order valence-electron chi connectivity index (χ2n) is 4.59. The molecule has 2 aromatic rings. The zero-order chi connectivity index (χ0) is 13.7. The predicted molar refractivity (Wildman–Crippen MR) is 77.3 cm³/mol. The second-order valence-corrected chi connectivity index (χ2v) is 4.59. The minimum atomic E-state index is -0.186. The highest BCUT2D eigenvalue weighted by atomic mass is 16.5. The van der Waals surface area contributed by atoms with E-state index in [2.05, 4.69) is 36.2 Å². The Morgan fingerprint density at radius 2 is 1.95 bits per heavy atom. The third-order valence-electron chi connectivity index (χ3n) is 3.25. The normalized spacial score (nSPS) is 12.2. The molecule has 3 nitrogen and oxygen atoms in total. The Balaban J connectivity index is 2.25. The molecule has 0 fully saturated rings. The summed E-state index contributed by atoms with van der Waals surface area (Å²) >= 11 is 0. The number of benzene rings is 1. The summed E-state index contributed by atoms with van der Waals surface area (Å²) in [4.78, 5) is 4.05. The van der Waals surface area contributed by atoms with Gasteiger partial charge >= 0.3 is 0 Å². The third kappa shape index (κ3) is 3.12. The van der Waals surface area contributed by atoms with Crippen LogP contribution in [0.1, 0.15) is 36.1 Å². The number of methoxy groups -OCH3 is 1. The summed E-state index contributed by atoms with van der Waals surface area (Å²) in [7, 11) is 1.64. The molecule has 1 aromatic carbocycles. The molecule has 1 unspecified atom stereocenters. The van der Waals surface area contributed by atoms with Crippen molar-refractivity contribution in [1.29, 1.82) is 0 Å². The molecule has 0 aliphatic carbocycles. The zero-order valence-corrected chi connectivity index (χ0v) is 11.5. The van der Waals surface area contributed by atoms with E-state index in [1.54, 1.807) is 19.5 Å². The van der Waals surface area contributed by atoms with Crippen LogP contribution in [0.25, 0.3) is 0 Å². The highest BCUT2D eigenvalue weighted by Gasteiger charge is 2.13. The van der Waals surface area contributed by atoms with Gasteiger partial charge in [0.1, 0.15) is 5.75 Å². The average molecular weight is 256 g/mol. The molecule has 0 aliphatic rings. The van der Waals surface area contributed by atoms with E-state index in [1.165, 1.54) is 5.56 Å². The number of ether oxygens (including phenoxy) is 1. The quantitative estimate of drug-likeness (QED) is 0.894. The van der Waals surface area contributed by atoms with Crippen molar-refractivity contribution in [2.24, 2.45) is 5.73 Å². The molecule has 1 aromatic heterocycles. The number of hydrogen-bond acceptors (Lipinski definition) is 3. The minimum absolute atomic E-state index is 0.186. The SMILES string of the molecule is CCCc1ccc(C(N)c2ccncc2OC)cc1. The van der Waals surface area contributed by atoms with E-state index in [-0.39, 0.29) is 6.04 Å². The van der Waals surface area contributed by atoms with Crippen LogP contribution in [0.5, 0.6) is 5.75 Å². The summed E-state index contributed by atoms with van der Waals surface area (Å²) < 4.78 is 5.31.